The monoisotopic (exact) mass is 1610 g/mol. The molecule has 3 heterocycles. The molecule has 12 atom stereocenters. The lowest BCUT2D eigenvalue weighted by molar-refractivity contribution is -0.147. The molecule has 2 bridgehead atoms. The van der Waals surface area contributed by atoms with Crippen LogP contribution < -0.4 is 64.0 Å². The Labute approximate surface area is 650 Å². The van der Waals surface area contributed by atoms with Crippen molar-refractivity contribution >= 4 is 88.5 Å². The van der Waals surface area contributed by atoms with Crippen molar-refractivity contribution in [3.8, 4) is 0 Å². The number of H-pyrrole nitrogens is 1. The number of rotatable bonds is 50. The largest absolute Gasteiger partial charge is 0.481 e. The van der Waals surface area contributed by atoms with E-state index in [0.717, 1.165) is 6.92 Å². The molecule has 628 valence electrons. The molecule has 44 nitrogen and oxygen atoms in total. The summed E-state index contributed by atoms with van der Waals surface area (Å²) in [5.74, 6) is -15.3. The van der Waals surface area contributed by atoms with Crippen LogP contribution in [0, 0.1) is 0 Å². The van der Waals surface area contributed by atoms with Crippen LogP contribution in [0.2, 0.25) is 0 Å². The zero-order valence-electron chi connectivity index (χ0n) is 62.2. The van der Waals surface area contributed by atoms with Crippen LogP contribution in [0.15, 0.2) is 64.6 Å². The van der Waals surface area contributed by atoms with E-state index in [-0.39, 0.29) is 121 Å². The predicted molar refractivity (Wildman–Crippen MR) is 394 cm³/mol. The highest BCUT2D eigenvalue weighted by molar-refractivity contribution is 5.98. The predicted octanol–water partition coefficient (Wildman–Crippen LogP) is -9.27. The van der Waals surface area contributed by atoms with Crippen molar-refractivity contribution < 1.29 is 129 Å². The summed E-state index contributed by atoms with van der Waals surface area (Å²) in [5, 5.41) is 153. The number of carboxylic acids is 5. The number of aliphatic hydroxyl groups excluding tert-OH is 8. The number of aliphatic hydroxyl groups is 8. The number of aromatic nitrogens is 3. The van der Waals surface area contributed by atoms with Crippen molar-refractivity contribution in [1.82, 2.24) is 72.2 Å². The van der Waals surface area contributed by atoms with E-state index in [1.807, 2.05) is 0 Å². The molecule has 2 aromatic carbocycles. The summed E-state index contributed by atoms with van der Waals surface area (Å²) in [4.78, 5) is 214. The molecule has 4 aromatic rings. The van der Waals surface area contributed by atoms with E-state index in [0.29, 0.717) is 11.1 Å². The van der Waals surface area contributed by atoms with E-state index in [4.69, 9.17) is 4.98 Å². The molecule has 1 aliphatic heterocycles. The Morgan fingerprint density at radius 3 is 1.37 bits per heavy atom. The van der Waals surface area contributed by atoms with Gasteiger partial charge in [0.15, 0.2) is 0 Å². The summed E-state index contributed by atoms with van der Waals surface area (Å²) in [5.41, 5.74) is -1.78. The van der Waals surface area contributed by atoms with Crippen molar-refractivity contribution in [2.75, 3.05) is 96.0 Å². The van der Waals surface area contributed by atoms with Gasteiger partial charge in [0.1, 0.15) is 65.8 Å². The van der Waals surface area contributed by atoms with Crippen LogP contribution in [0.4, 0.5) is 11.4 Å². The Bertz CT molecular complexity index is 3880. The second kappa shape index (κ2) is 47.4. The number of carbonyl (C=O) groups excluding carboxylic acids is 8. The lowest BCUT2D eigenvalue weighted by atomic mass is 10.0. The van der Waals surface area contributed by atoms with Crippen molar-refractivity contribution in [1.29, 1.82) is 0 Å². The summed E-state index contributed by atoms with van der Waals surface area (Å²) >= 11 is 0. The van der Waals surface area contributed by atoms with E-state index in [9.17, 15) is 138 Å². The van der Waals surface area contributed by atoms with Crippen LogP contribution in [-0.2, 0) is 94.7 Å². The summed E-state index contributed by atoms with van der Waals surface area (Å²) in [6.07, 6.45) is -5.58. The number of carbonyl (C=O) groups is 13. The maximum absolute atomic E-state index is 14.0. The fraction of sp³-hybridized carbons (Fsp3) is 0.557. The zero-order valence-corrected chi connectivity index (χ0v) is 62.2. The summed E-state index contributed by atoms with van der Waals surface area (Å²) in [6.45, 7) is -6.31. The molecule has 1 aliphatic rings. The lowest BCUT2D eigenvalue weighted by Gasteiger charge is -2.37. The third-order valence-corrected chi connectivity index (χ3v) is 18.2. The van der Waals surface area contributed by atoms with E-state index in [1.54, 1.807) is 42.5 Å². The fourth-order valence-corrected chi connectivity index (χ4v) is 11.9. The quantitative estimate of drug-likeness (QED) is 0.0144. The van der Waals surface area contributed by atoms with Crippen molar-refractivity contribution in [3.63, 3.8) is 0 Å². The number of nitrogens with one attached hydrogen (secondary N) is 11. The zero-order chi connectivity index (χ0) is 84.3. The number of carboxylic acid groups (broad SMARTS) is 5. The third-order valence-electron chi connectivity index (χ3n) is 18.2. The first-order chi connectivity index (χ1) is 54.2. The minimum absolute atomic E-state index is 0.0604. The van der Waals surface area contributed by atoms with Crippen molar-refractivity contribution in [2.24, 2.45) is 0 Å². The molecule has 114 heavy (non-hydrogen) atoms. The van der Waals surface area contributed by atoms with Gasteiger partial charge in [0.25, 0.3) is 10.9 Å². The second-order valence-electron chi connectivity index (χ2n) is 26.9. The molecular formula is C70H100N16O28. The number of aryl methyl sites for hydroxylation is 1. The highest BCUT2D eigenvalue weighted by atomic mass is 16.4. The summed E-state index contributed by atoms with van der Waals surface area (Å²) in [6, 6.07) is -3.73. The van der Waals surface area contributed by atoms with Gasteiger partial charge in [-0.25, -0.2) is 9.78 Å². The van der Waals surface area contributed by atoms with Crippen LogP contribution in [0.25, 0.3) is 0 Å². The number of nitrogens with zero attached hydrogens (tertiary/aromatic N) is 5. The maximum Gasteiger partial charge on any atom is 0.328 e. The van der Waals surface area contributed by atoms with Crippen LogP contribution >= 0.6 is 0 Å². The molecule has 5 rings (SSSR count). The number of hydrogen-bond donors (Lipinski definition) is 24. The number of amides is 8. The van der Waals surface area contributed by atoms with Gasteiger partial charge in [-0.15, -0.1) is 0 Å². The first-order valence-corrected chi connectivity index (χ1v) is 36.3. The Balaban J connectivity index is 1.40. The van der Waals surface area contributed by atoms with Gasteiger partial charge in [-0.1, -0.05) is 30.3 Å². The van der Waals surface area contributed by atoms with Crippen LogP contribution in [0.5, 0.6) is 0 Å². The smallest absolute Gasteiger partial charge is 0.328 e. The van der Waals surface area contributed by atoms with Crippen molar-refractivity contribution in [2.45, 2.75) is 163 Å². The standard InChI is InChI=1S/C70H100N16O28/c1-37(62(102)80-47(23-40-25-71-36-76-40)65(105)82-49(34-90)66(106)81-46(22-38-6-3-2-4-7-38)64(104)83-50(35-91)67(107)108)77-63(103)48(24-57(98)99)79-59-58(60(100)61(59)101)72-15-5-8-39-20-41-29-85(52(69(111)112)10-13-55(96)74-27-44(93)32-88)18-16-84(51(68(109)110)9-12-54(95)73-26-43(92)31-87)17-19-86(30-42(21-39)78-41)53(70(113)114)11-14-56(97)75-28-45(94)33-89/h2-4,6-7,20-21,25,36-37,43-53,72,79,87-94H,5,8-19,22-24,26-35H2,1H3,(H,71,76)(H,73,95)(H,74,96)(H,75,97)(H,77,103)(H,80,102)(H,81,106)(H,82,105)(H,83,104)(H,98,99)(H,107,108)(H,109,110)(H,111,112)(H,113,114)/t37-,43?,44?,45?,46-,47-,48-,49-,50-,51?,52?,53?/m0/s1. The minimum Gasteiger partial charge on any atom is -0.481 e. The Morgan fingerprint density at radius 2 is 0.921 bits per heavy atom. The summed E-state index contributed by atoms with van der Waals surface area (Å²) in [7, 11) is 0. The van der Waals surface area contributed by atoms with Gasteiger partial charge in [-0.05, 0) is 62.3 Å². The fourth-order valence-electron chi connectivity index (χ4n) is 11.9. The first kappa shape index (κ1) is 93.5. The van der Waals surface area contributed by atoms with Crippen molar-refractivity contribution in [3.05, 3.63) is 104 Å². The normalized spacial score (nSPS) is 16.1. The van der Waals surface area contributed by atoms with Gasteiger partial charge in [-0.2, -0.15) is 0 Å². The molecule has 2 aromatic heterocycles. The number of fused-ring (bicyclic) bond motifs is 2. The average molecular weight is 1610 g/mol. The highest BCUT2D eigenvalue weighted by Gasteiger charge is 2.38. The first-order valence-electron chi connectivity index (χ1n) is 36.3. The SMILES string of the molecule is C[C@H](NC(=O)[C@H](CC(=O)O)Nc1c(NCCCc2cc3nc(c2)CN(C(CCC(=O)NCC(O)CO)C(=O)O)CCN(C(CCC(=O)NCC(O)CO)C(=O)O)CCN(C(CCC(=O)NCC(O)CO)C(=O)O)C3)c(=O)c1=O)C(=O)N[C@@H](Cc1cnc[nH]1)C(=O)N[C@@H](CO)C(=O)N[C@@H](Cc1ccccc1)C(=O)N[C@@H](CO)C(=O)O. The van der Waals surface area contributed by atoms with Crippen LogP contribution in [0.3, 0.4) is 0 Å². The maximum atomic E-state index is 14.0. The van der Waals surface area contributed by atoms with Gasteiger partial charge < -0.3 is 125 Å². The van der Waals surface area contributed by atoms with E-state index in [1.165, 1.54) is 27.2 Å². The molecule has 8 amide bonds. The number of aliphatic carboxylic acids is 5. The lowest BCUT2D eigenvalue weighted by Crippen LogP contribution is -2.60. The number of imidazole rings is 1. The number of aromatic amines is 1. The number of anilines is 2. The van der Waals surface area contributed by atoms with Gasteiger partial charge in [0, 0.05) is 109 Å². The Kier molecular flexibility index (Phi) is 38.9. The molecule has 0 spiro atoms. The number of pyridine rings is 1. The van der Waals surface area contributed by atoms with Crippen LogP contribution in [0.1, 0.15) is 86.5 Å². The molecule has 44 heteroatoms. The van der Waals surface area contributed by atoms with E-state index in [2.05, 4.69) is 63.1 Å². The van der Waals surface area contributed by atoms with E-state index >= 15 is 0 Å². The minimum atomic E-state index is -1.89. The second-order valence-corrected chi connectivity index (χ2v) is 26.9. The molecule has 0 fully saturated rings. The molecule has 0 saturated heterocycles. The number of benzene rings is 1. The average Bonchev–Trinajstić information content (AvgIpc) is 0.846. The molecule has 0 aliphatic carbocycles. The van der Waals surface area contributed by atoms with Gasteiger partial charge in [0.2, 0.25) is 47.3 Å². The summed E-state index contributed by atoms with van der Waals surface area (Å²) < 4.78 is 0. The molecule has 0 radical (unpaired) electrons. The van der Waals surface area contributed by atoms with E-state index < -0.39 is 237 Å². The van der Waals surface area contributed by atoms with Gasteiger partial charge in [0.05, 0.1) is 75.5 Å². The Morgan fingerprint density at radius 1 is 0.491 bits per heavy atom. The molecule has 24 N–H and O–H groups in total. The van der Waals surface area contributed by atoms with Gasteiger partial charge >= 0.3 is 29.8 Å². The van der Waals surface area contributed by atoms with Gasteiger partial charge in [-0.3, -0.25) is 86.8 Å². The highest BCUT2D eigenvalue weighted by Crippen LogP contribution is 2.23. The Hall–Kier alpha value is -11.1. The number of hydrogen-bond acceptors (Lipinski definition) is 30. The third kappa shape index (κ3) is 30.8. The molecular weight excluding hydrogens is 1510 g/mol. The van der Waals surface area contributed by atoms with Crippen LogP contribution in [-0.4, -0.2) is 331 Å². The topological polar surface area (TPSA) is 691 Å². The molecule has 0 saturated carbocycles. The molecule has 6 unspecified atom stereocenters.